The molecule has 0 amide bonds. The number of fused-ring (bicyclic) bond motifs is 1. The predicted octanol–water partition coefficient (Wildman–Crippen LogP) is 5.10. The molecule has 0 spiro atoms. The summed E-state index contributed by atoms with van der Waals surface area (Å²) in [4.78, 5) is 21.3. The van der Waals surface area contributed by atoms with Gasteiger partial charge in [0.15, 0.2) is 0 Å². The van der Waals surface area contributed by atoms with Gasteiger partial charge >= 0.3 is 5.69 Å². The molecule has 4 rings (SSSR count). The summed E-state index contributed by atoms with van der Waals surface area (Å²) in [5, 5.41) is 4.17. The van der Waals surface area contributed by atoms with Crippen LogP contribution in [0.4, 0.5) is 5.82 Å². The van der Waals surface area contributed by atoms with Gasteiger partial charge in [0, 0.05) is 17.3 Å². The van der Waals surface area contributed by atoms with Gasteiger partial charge in [-0.25, -0.2) is 4.79 Å². The number of nitrogens with zero attached hydrogens (tertiary/aromatic N) is 3. The van der Waals surface area contributed by atoms with Crippen LogP contribution >= 0.6 is 0 Å². The molecule has 0 aliphatic heterocycles. The zero-order valence-corrected chi connectivity index (χ0v) is 16.7. The maximum absolute atomic E-state index is 13.1. The van der Waals surface area contributed by atoms with E-state index in [1.165, 1.54) is 18.4 Å². The molecule has 1 aromatic heterocycles. The molecule has 29 heavy (non-hydrogen) atoms. The summed E-state index contributed by atoms with van der Waals surface area (Å²) in [5.41, 5.74) is 4.53. The first-order valence-corrected chi connectivity index (χ1v) is 9.81. The zero-order chi connectivity index (χ0) is 20.4. The molecule has 0 unspecified atom stereocenters. The minimum Gasteiger partial charge on any atom is -0.340 e. The van der Waals surface area contributed by atoms with E-state index in [1.54, 1.807) is 16.8 Å². The number of aliphatic imine (C=N–C) groups is 1. The average molecular weight is 384 g/mol. The maximum atomic E-state index is 13.1. The summed E-state index contributed by atoms with van der Waals surface area (Å²) in [6.45, 7) is 7.39. The SMILES string of the molecule is C=N/C=C\C(=C/C)Nc1nc(=O)n(-c2ccccc2C)c2cc(C3CC3)ccc12. The Morgan fingerprint density at radius 3 is 2.76 bits per heavy atom. The number of rotatable bonds is 6. The van der Waals surface area contributed by atoms with Crippen LogP contribution in [-0.4, -0.2) is 16.3 Å². The van der Waals surface area contributed by atoms with Crippen LogP contribution in [0, 0.1) is 6.92 Å². The molecule has 1 fully saturated rings. The molecule has 146 valence electrons. The molecule has 0 atom stereocenters. The minimum atomic E-state index is -0.302. The fourth-order valence-corrected chi connectivity index (χ4v) is 3.54. The van der Waals surface area contributed by atoms with Crippen LogP contribution in [0.3, 0.4) is 0 Å². The standard InChI is InChI=1S/C24H24N4O/c1-4-19(13-14-25-3)26-23-20-12-11-18(17-9-10-17)15-22(20)28(24(29)27-23)21-8-6-5-7-16(21)2/h4-8,11-15,17H,3,9-10H2,1-2H3,(H,26,27,29)/b14-13-,19-4+. The van der Waals surface area contributed by atoms with Gasteiger partial charge < -0.3 is 5.32 Å². The normalized spacial score (nSPS) is 14.5. The van der Waals surface area contributed by atoms with E-state index in [-0.39, 0.29) is 5.69 Å². The number of anilines is 1. The molecule has 0 bridgehead atoms. The van der Waals surface area contributed by atoms with Gasteiger partial charge in [0.05, 0.1) is 11.2 Å². The molecule has 5 nitrogen and oxygen atoms in total. The molecule has 1 heterocycles. The smallest absolute Gasteiger partial charge is 0.340 e. The maximum Gasteiger partial charge on any atom is 0.354 e. The summed E-state index contributed by atoms with van der Waals surface area (Å²) in [6.07, 6.45) is 7.72. The Labute approximate surface area is 170 Å². The first kappa shape index (κ1) is 18.9. The lowest BCUT2D eigenvalue weighted by Crippen LogP contribution is -2.24. The first-order valence-electron chi connectivity index (χ1n) is 9.81. The van der Waals surface area contributed by atoms with Crippen molar-refractivity contribution in [1.29, 1.82) is 0 Å². The van der Waals surface area contributed by atoms with Gasteiger partial charge in [-0.15, -0.1) is 0 Å². The highest BCUT2D eigenvalue weighted by molar-refractivity contribution is 5.91. The Balaban J connectivity index is 1.95. The summed E-state index contributed by atoms with van der Waals surface area (Å²) < 4.78 is 1.72. The van der Waals surface area contributed by atoms with E-state index in [1.807, 2.05) is 44.2 Å². The van der Waals surface area contributed by atoms with Crippen LogP contribution in [0.2, 0.25) is 0 Å². The van der Waals surface area contributed by atoms with Crippen molar-refractivity contribution in [2.45, 2.75) is 32.6 Å². The molecule has 1 aliphatic rings. The average Bonchev–Trinajstić information content (AvgIpc) is 3.57. The third kappa shape index (κ3) is 3.76. The van der Waals surface area contributed by atoms with E-state index in [9.17, 15) is 4.79 Å². The van der Waals surface area contributed by atoms with Gasteiger partial charge in [-0.2, -0.15) is 4.98 Å². The number of hydrogen-bond donors (Lipinski definition) is 1. The fourth-order valence-electron chi connectivity index (χ4n) is 3.54. The highest BCUT2D eigenvalue weighted by atomic mass is 16.1. The Hall–Kier alpha value is -3.47. The zero-order valence-electron chi connectivity index (χ0n) is 16.7. The second-order valence-corrected chi connectivity index (χ2v) is 7.28. The third-order valence-electron chi connectivity index (χ3n) is 5.25. The van der Waals surface area contributed by atoms with Crippen molar-refractivity contribution in [3.8, 4) is 5.69 Å². The molecular weight excluding hydrogens is 360 g/mol. The third-order valence-corrected chi connectivity index (χ3v) is 5.25. The number of aromatic nitrogens is 2. The van der Waals surface area contributed by atoms with Gasteiger partial charge in [-0.3, -0.25) is 9.56 Å². The minimum absolute atomic E-state index is 0.302. The second kappa shape index (κ2) is 7.87. The van der Waals surface area contributed by atoms with E-state index in [0.717, 1.165) is 27.9 Å². The number of hydrogen-bond acceptors (Lipinski definition) is 4. The molecule has 1 saturated carbocycles. The van der Waals surface area contributed by atoms with Gasteiger partial charge in [0.1, 0.15) is 5.82 Å². The molecule has 3 aromatic rings. The van der Waals surface area contributed by atoms with Gasteiger partial charge in [-0.05, 0) is 74.7 Å². The van der Waals surface area contributed by atoms with Gasteiger partial charge in [-0.1, -0.05) is 30.3 Å². The summed E-state index contributed by atoms with van der Waals surface area (Å²) in [5.74, 6) is 1.14. The predicted molar refractivity (Wildman–Crippen MR) is 120 cm³/mol. The van der Waals surface area contributed by atoms with E-state index in [4.69, 9.17) is 0 Å². The van der Waals surface area contributed by atoms with Crippen LogP contribution in [0.15, 0.2) is 76.3 Å². The summed E-state index contributed by atoms with van der Waals surface area (Å²) >= 11 is 0. The lowest BCUT2D eigenvalue weighted by molar-refractivity contribution is 0.949. The summed E-state index contributed by atoms with van der Waals surface area (Å²) in [7, 11) is 0. The highest BCUT2D eigenvalue weighted by Crippen LogP contribution is 2.41. The van der Waals surface area contributed by atoms with Crippen LogP contribution < -0.4 is 11.0 Å². The molecule has 0 radical (unpaired) electrons. The van der Waals surface area contributed by atoms with Gasteiger partial charge in [0.25, 0.3) is 0 Å². The van der Waals surface area contributed by atoms with E-state index in [0.29, 0.717) is 11.7 Å². The molecule has 1 aliphatic carbocycles. The second-order valence-electron chi connectivity index (χ2n) is 7.28. The molecular formula is C24H24N4O. The first-order chi connectivity index (χ1) is 14.1. The molecule has 1 N–H and O–H groups in total. The lowest BCUT2D eigenvalue weighted by atomic mass is 10.1. The largest absolute Gasteiger partial charge is 0.354 e. The van der Waals surface area contributed by atoms with Crippen molar-refractivity contribution in [2.24, 2.45) is 4.99 Å². The molecule has 5 heteroatoms. The summed E-state index contributed by atoms with van der Waals surface area (Å²) in [6, 6.07) is 14.3. The number of benzene rings is 2. The number of nitrogens with one attached hydrogen (secondary N) is 1. The van der Waals surface area contributed by atoms with Crippen LogP contribution in [0.25, 0.3) is 16.6 Å². The van der Waals surface area contributed by atoms with Crippen molar-refractivity contribution >= 4 is 23.4 Å². The fraction of sp³-hybridized carbons (Fsp3) is 0.208. The van der Waals surface area contributed by atoms with Crippen molar-refractivity contribution in [1.82, 2.24) is 9.55 Å². The molecule has 0 saturated heterocycles. The van der Waals surface area contributed by atoms with E-state index >= 15 is 0 Å². The van der Waals surface area contributed by atoms with Crippen LogP contribution in [0.1, 0.15) is 36.8 Å². The topological polar surface area (TPSA) is 59.3 Å². The van der Waals surface area contributed by atoms with Crippen molar-refractivity contribution in [3.63, 3.8) is 0 Å². The number of allylic oxidation sites excluding steroid dienone is 2. The highest BCUT2D eigenvalue weighted by Gasteiger charge is 2.24. The number of aryl methyl sites for hydroxylation is 1. The lowest BCUT2D eigenvalue weighted by Gasteiger charge is -2.16. The van der Waals surface area contributed by atoms with Crippen molar-refractivity contribution in [2.75, 3.05) is 5.32 Å². The van der Waals surface area contributed by atoms with Gasteiger partial charge in [0.2, 0.25) is 0 Å². The quantitative estimate of drug-likeness (QED) is 0.475. The molecule has 2 aromatic carbocycles. The Bertz CT molecular complexity index is 1200. The van der Waals surface area contributed by atoms with Crippen LogP contribution in [0.5, 0.6) is 0 Å². The monoisotopic (exact) mass is 384 g/mol. The van der Waals surface area contributed by atoms with Crippen LogP contribution in [-0.2, 0) is 0 Å². The Kier molecular flexibility index (Phi) is 5.12. The Morgan fingerprint density at radius 2 is 2.07 bits per heavy atom. The Morgan fingerprint density at radius 1 is 1.28 bits per heavy atom. The van der Waals surface area contributed by atoms with Crippen molar-refractivity contribution < 1.29 is 0 Å². The number of para-hydroxylation sites is 1. The van der Waals surface area contributed by atoms with E-state index in [2.05, 4.69) is 40.2 Å². The van der Waals surface area contributed by atoms with E-state index < -0.39 is 0 Å². The van der Waals surface area contributed by atoms with Crippen molar-refractivity contribution in [3.05, 3.63) is 88.1 Å².